The SMILES string of the molecule is CC(=O)NCC(=O)NCC(=O)NCC(=O)NCC(=O)N[C@@H](CCCCN)C(=O)N[C@@H](CC(C)C)C(=O)NCC(=O)N[C@@H](CC(C)C)C(=O)NCC(=O)N[C@@H](CCCCN)C(N)=O. The first-order chi connectivity index (χ1) is 29.2. The van der Waals surface area contributed by atoms with Crippen LogP contribution in [0.15, 0.2) is 0 Å². The van der Waals surface area contributed by atoms with Gasteiger partial charge in [-0.2, -0.15) is 0 Å². The molecule has 0 aromatic heterocycles. The highest BCUT2D eigenvalue weighted by molar-refractivity contribution is 5.96. The summed E-state index contributed by atoms with van der Waals surface area (Å²) in [4.78, 5) is 137. The van der Waals surface area contributed by atoms with Gasteiger partial charge in [0.1, 0.15) is 24.2 Å². The average Bonchev–Trinajstić information content (AvgIpc) is 3.19. The van der Waals surface area contributed by atoms with Crippen LogP contribution >= 0.6 is 0 Å². The molecule has 0 bridgehead atoms. The standard InChI is InChI=1S/C38H69N13O11/c1-22(2)14-27(36(60)46-20-33(57)48-25(35(41)59)10-6-8-12-39)50-34(58)21-47-37(61)28(15-23(3)4)51-38(62)26(11-7-9-13-40)49-32(56)19-45-31(55)18-44-30(54)17-43-29(53)16-42-24(5)52/h22-23,25-28H,6-21,39-40H2,1-5H3,(H2,41,59)(H,42,52)(H,43,53)(H,44,54)(H,45,55)(H,46,60)(H,47,61)(H,48,57)(H,49,56)(H,50,58)(H,51,62)/t25-,26-,27-,28-/m0/s1. The number of amides is 11. The van der Waals surface area contributed by atoms with Crippen molar-refractivity contribution in [1.82, 2.24) is 53.2 Å². The van der Waals surface area contributed by atoms with Crippen LogP contribution in [0.3, 0.4) is 0 Å². The number of hydrogen-bond acceptors (Lipinski definition) is 13. The Morgan fingerprint density at radius 3 is 1.13 bits per heavy atom. The van der Waals surface area contributed by atoms with E-state index in [0.717, 1.165) is 0 Å². The lowest BCUT2D eigenvalue weighted by Crippen LogP contribution is -2.56. The quantitative estimate of drug-likeness (QED) is 0.0281. The molecule has 352 valence electrons. The van der Waals surface area contributed by atoms with Gasteiger partial charge in [-0.3, -0.25) is 52.7 Å². The number of rotatable bonds is 32. The fourth-order valence-corrected chi connectivity index (χ4v) is 5.46. The second-order valence-electron chi connectivity index (χ2n) is 15.3. The monoisotopic (exact) mass is 884 g/mol. The first kappa shape index (κ1) is 56.1. The predicted molar refractivity (Wildman–Crippen MR) is 225 cm³/mol. The van der Waals surface area contributed by atoms with E-state index < -0.39 is 122 Å². The normalized spacial score (nSPS) is 12.7. The van der Waals surface area contributed by atoms with Crippen molar-refractivity contribution >= 4 is 65.0 Å². The Kier molecular flexibility index (Phi) is 28.9. The van der Waals surface area contributed by atoms with E-state index >= 15 is 0 Å². The van der Waals surface area contributed by atoms with E-state index in [0.29, 0.717) is 38.8 Å². The molecule has 0 aliphatic carbocycles. The Bertz CT molecular complexity index is 1530. The third-order valence-electron chi connectivity index (χ3n) is 8.61. The van der Waals surface area contributed by atoms with Crippen LogP contribution in [0.5, 0.6) is 0 Å². The zero-order chi connectivity index (χ0) is 47.2. The summed E-state index contributed by atoms with van der Waals surface area (Å²) in [6.45, 7) is 6.23. The Balaban J connectivity index is 5.37. The van der Waals surface area contributed by atoms with Gasteiger partial charge in [0, 0.05) is 6.92 Å². The summed E-state index contributed by atoms with van der Waals surface area (Å²) in [5.74, 6) is -7.66. The van der Waals surface area contributed by atoms with Gasteiger partial charge in [-0.05, 0) is 76.3 Å². The van der Waals surface area contributed by atoms with Crippen LogP contribution in [0.1, 0.15) is 86.0 Å². The van der Waals surface area contributed by atoms with Gasteiger partial charge in [-0.1, -0.05) is 27.7 Å². The molecule has 0 rings (SSSR count). The summed E-state index contributed by atoms with van der Waals surface area (Å²) in [6.07, 6.45) is 2.87. The van der Waals surface area contributed by atoms with E-state index in [2.05, 4.69) is 53.2 Å². The Morgan fingerprint density at radius 2 is 0.742 bits per heavy atom. The van der Waals surface area contributed by atoms with Gasteiger partial charge < -0.3 is 70.4 Å². The molecule has 0 aromatic rings. The third kappa shape index (κ3) is 27.8. The van der Waals surface area contributed by atoms with Gasteiger partial charge in [-0.25, -0.2) is 0 Å². The molecule has 0 aromatic carbocycles. The second-order valence-corrected chi connectivity index (χ2v) is 15.3. The van der Waals surface area contributed by atoms with E-state index in [1.54, 1.807) is 13.8 Å². The first-order valence-corrected chi connectivity index (χ1v) is 20.7. The topological polar surface area (TPSA) is 386 Å². The summed E-state index contributed by atoms with van der Waals surface area (Å²) >= 11 is 0. The van der Waals surface area contributed by atoms with Crippen LogP contribution in [-0.4, -0.2) is 142 Å². The lowest BCUT2D eigenvalue weighted by molar-refractivity contribution is -0.134. The van der Waals surface area contributed by atoms with Gasteiger partial charge in [0.05, 0.1) is 39.3 Å². The molecule has 16 N–H and O–H groups in total. The average molecular weight is 884 g/mol. The van der Waals surface area contributed by atoms with Crippen molar-refractivity contribution in [2.24, 2.45) is 29.0 Å². The molecule has 11 amide bonds. The van der Waals surface area contributed by atoms with E-state index in [9.17, 15) is 52.7 Å². The number of nitrogens with one attached hydrogen (secondary N) is 10. The number of unbranched alkanes of at least 4 members (excludes halogenated alkanes) is 2. The van der Waals surface area contributed by atoms with Crippen molar-refractivity contribution in [3.8, 4) is 0 Å². The van der Waals surface area contributed by atoms with Crippen LogP contribution in [0, 0.1) is 11.8 Å². The van der Waals surface area contributed by atoms with Crippen LogP contribution in [0.2, 0.25) is 0 Å². The zero-order valence-electron chi connectivity index (χ0n) is 36.5. The van der Waals surface area contributed by atoms with Crippen molar-refractivity contribution in [1.29, 1.82) is 0 Å². The number of nitrogens with two attached hydrogens (primary N) is 3. The fraction of sp³-hybridized carbons (Fsp3) is 0.711. The molecule has 0 saturated carbocycles. The van der Waals surface area contributed by atoms with Gasteiger partial charge >= 0.3 is 0 Å². The molecule has 0 fully saturated rings. The minimum atomic E-state index is -1.15. The van der Waals surface area contributed by atoms with E-state index in [1.807, 2.05) is 13.8 Å². The number of carbonyl (C=O) groups excluding carboxylic acids is 11. The largest absolute Gasteiger partial charge is 0.368 e. The predicted octanol–water partition coefficient (Wildman–Crippen LogP) is -5.52. The smallest absolute Gasteiger partial charge is 0.243 e. The van der Waals surface area contributed by atoms with E-state index in [1.165, 1.54) is 6.92 Å². The molecule has 0 saturated heterocycles. The fourth-order valence-electron chi connectivity index (χ4n) is 5.46. The van der Waals surface area contributed by atoms with Crippen molar-refractivity contribution < 1.29 is 52.7 Å². The summed E-state index contributed by atoms with van der Waals surface area (Å²) in [7, 11) is 0. The maximum absolute atomic E-state index is 13.5. The van der Waals surface area contributed by atoms with Crippen LogP contribution in [-0.2, 0) is 52.7 Å². The highest BCUT2D eigenvalue weighted by atomic mass is 16.2. The number of primary amides is 1. The molecule has 0 aliphatic heterocycles. The number of hydrogen-bond donors (Lipinski definition) is 13. The van der Waals surface area contributed by atoms with E-state index in [-0.39, 0.29) is 44.1 Å². The van der Waals surface area contributed by atoms with Crippen molar-refractivity contribution in [3.05, 3.63) is 0 Å². The molecular formula is C38H69N13O11. The molecule has 0 unspecified atom stereocenters. The molecule has 4 atom stereocenters. The molecule has 0 heterocycles. The van der Waals surface area contributed by atoms with Crippen LogP contribution in [0.4, 0.5) is 0 Å². The lowest BCUT2D eigenvalue weighted by atomic mass is 10.0. The lowest BCUT2D eigenvalue weighted by Gasteiger charge is -2.25. The molecule has 24 heteroatoms. The van der Waals surface area contributed by atoms with Crippen molar-refractivity contribution in [2.75, 3.05) is 52.4 Å². The Morgan fingerprint density at radius 1 is 0.403 bits per heavy atom. The second kappa shape index (κ2) is 31.9. The highest BCUT2D eigenvalue weighted by Gasteiger charge is 2.29. The maximum Gasteiger partial charge on any atom is 0.243 e. The summed E-state index contributed by atoms with van der Waals surface area (Å²) in [5, 5.41) is 24.2. The minimum absolute atomic E-state index is 0.0692. The zero-order valence-corrected chi connectivity index (χ0v) is 36.5. The summed E-state index contributed by atoms with van der Waals surface area (Å²) < 4.78 is 0. The van der Waals surface area contributed by atoms with Crippen LogP contribution < -0.4 is 70.4 Å². The third-order valence-corrected chi connectivity index (χ3v) is 8.61. The Hall–Kier alpha value is -5.91. The van der Waals surface area contributed by atoms with Gasteiger partial charge in [0.15, 0.2) is 0 Å². The van der Waals surface area contributed by atoms with Gasteiger partial charge in [-0.15, -0.1) is 0 Å². The van der Waals surface area contributed by atoms with Crippen LogP contribution in [0.25, 0.3) is 0 Å². The highest BCUT2D eigenvalue weighted by Crippen LogP contribution is 2.09. The van der Waals surface area contributed by atoms with Crippen molar-refractivity contribution in [2.45, 2.75) is 110 Å². The molecule has 0 spiro atoms. The van der Waals surface area contributed by atoms with Gasteiger partial charge in [0.25, 0.3) is 0 Å². The van der Waals surface area contributed by atoms with Crippen molar-refractivity contribution in [3.63, 3.8) is 0 Å². The number of carbonyl (C=O) groups is 11. The van der Waals surface area contributed by atoms with Gasteiger partial charge in [0.2, 0.25) is 65.0 Å². The molecule has 24 nitrogen and oxygen atoms in total. The summed E-state index contributed by atoms with van der Waals surface area (Å²) in [5.41, 5.74) is 16.5. The molecule has 62 heavy (non-hydrogen) atoms. The molecular weight excluding hydrogens is 814 g/mol. The van der Waals surface area contributed by atoms with E-state index in [4.69, 9.17) is 17.2 Å². The summed E-state index contributed by atoms with van der Waals surface area (Å²) in [6, 6.07) is -4.32. The first-order valence-electron chi connectivity index (χ1n) is 20.7. The molecule has 0 aliphatic rings. The maximum atomic E-state index is 13.5. The minimum Gasteiger partial charge on any atom is -0.368 e. The Labute approximate surface area is 362 Å². The molecule has 0 radical (unpaired) electrons.